The molecule has 1 N–H and O–H groups in total. The van der Waals surface area contributed by atoms with Gasteiger partial charge in [-0.05, 0) is 19.3 Å². The van der Waals surface area contributed by atoms with Gasteiger partial charge in [0.2, 0.25) is 0 Å². The normalized spacial score (nSPS) is 28.2. The molecule has 3 nitrogen and oxygen atoms in total. The Hall–Kier alpha value is -0.480. The molecule has 1 fully saturated rings. The van der Waals surface area contributed by atoms with Gasteiger partial charge in [0.1, 0.15) is 0 Å². The minimum atomic E-state index is -0.137. The molecule has 2 unspecified atom stereocenters. The van der Waals surface area contributed by atoms with Gasteiger partial charge >= 0.3 is 0 Å². The van der Waals surface area contributed by atoms with Crippen molar-refractivity contribution in [3.8, 4) is 0 Å². The van der Waals surface area contributed by atoms with Crippen molar-refractivity contribution in [3.63, 3.8) is 0 Å². The molecule has 1 aromatic rings. The van der Waals surface area contributed by atoms with Crippen molar-refractivity contribution >= 4 is 11.8 Å². The van der Waals surface area contributed by atoms with E-state index < -0.39 is 0 Å². The summed E-state index contributed by atoms with van der Waals surface area (Å²) in [5, 5.41) is 11.0. The van der Waals surface area contributed by atoms with E-state index in [1.807, 2.05) is 17.8 Å². The van der Waals surface area contributed by atoms with Crippen LogP contribution in [0.25, 0.3) is 0 Å². The molecule has 72 valence electrons. The van der Waals surface area contributed by atoms with Gasteiger partial charge in [-0.1, -0.05) is 11.8 Å². The summed E-state index contributed by atoms with van der Waals surface area (Å²) in [6.07, 6.45) is 6.79. The van der Waals surface area contributed by atoms with Gasteiger partial charge in [0.15, 0.2) is 5.16 Å². The lowest BCUT2D eigenvalue weighted by molar-refractivity contribution is 0.188. The van der Waals surface area contributed by atoms with Gasteiger partial charge < -0.3 is 9.67 Å². The predicted molar refractivity (Wildman–Crippen MR) is 52.7 cm³/mol. The van der Waals surface area contributed by atoms with E-state index in [1.54, 1.807) is 18.0 Å². The van der Waals surface area contributed by atoms with Crippen LogP contribution in [0.2, 0.25) is 0 Å². The summed E-state index contributed by atoms with van der Waals surface area (Å²) in [5.41, 5.74) is 0. The minimum Gasteiger partial charge on any atom is -0.392 e. The molecule has 2 rings (SSSR count). The van der Waals surface area contributed by atoms with Crippen LogP contribution in [-0.2, 0) is 7.05 Å². The van der Waals surface area contributed by atoms with E-state index in [1.165, 1.54) is 0 Å². The molecular weight excluding hydrogens is 184 g/mol. The highest BCUT2D eigenvalue weighted by molar-refractivity contribution is 7.99. The third kappa shape index (κ3) is 1.89. The van der Waals surface area contributed by atoms with Gasteiger partial charge in [-0.3, -0.25) is 0 Å². The zero-order valence-electron chi connectivity index (χ0n) is 7.68. The van der Waals surface area contributed by atoms with Crippen molar-refractivity contribution in [2.75, 3.05) is 0 Å². The number of nitrogens with zero attached hydrogens (tertiary/aromatic N) is 2. The van der Waals surface area contributed by atoms with Crippen LogP contribution in [0.3, 0.4) is 0 Å². The lowest BCUT2D eigenvalue weighted by Crippen LogP contribution is -2.15. The molecule has 13 heavy (non-hydrogen) atoms. The summed E-state index contributed by atoms with van der Waals surface area (Å²) >= 11 is 1.69. The fourth-order valence-electron chi connectivity index (χ4n) is 1.64. The van der Waals surface area contributed by atoms with E-state index in [9.17, 15) is 5.11 Å². The highest BCUT2D eigenvalue weighted by atomic mass is 32.2. The van der Waals surface area contributed by atoms with E-state index in [0.717, 1.165) is 24.4 Å². The Bertz CT molecular complexity index is 287. The first kappa shape index (κ1) is 9.09. The predicted octanol–water partition coefficient (Wildman–Crippen LogP) is 1.43. The molecule has 0 aromatic carbocycles. The first-order valence-corrected chi connectivity index (χ1v) is 5.47. The van der Waals surface area contributed by atoms with Crippen molar-refractivity contribution in [2.24, 2.45) is 7.05 Å². The van der Waals surface area contributed by atoms with E-state index in [0.29, 0.717) is 5.25 Å². The minimum absolute atomic E-state index is 0.137. The monoisotopic (exact) mass is 198 g/mol. The third-order valence-electron chi connectivity index (χ3n) is 2.45. The van der Waals surface area contributed by atoms with Crippen LogP contribution >= 0.6 is 11.8 Å². The van der Waals surface area contributed by atoms with Gasteiger partial charge in [0.05, 0.1) is 6.10 Å². The van der Waals surface area contributed by atoms with Crippen LogP contribution in [0, 0.1) is 0 Å². The van der Waals surface area contributed by atoms with Gasteiger partial charge in [-0.15, -0.1) is 0 Å². The molecule has 1 saturated carbocycles. The summed E-state index contributed by atoms with van der Waals surface area (Å²) in [6, 6.07) is 0. The average molecular weight is 198 g/mol. The van der Waals surface area contributed by atoms with Crippen LogP contribution in [0.15, 0.2) is 17.6 Å². The second-order valence-corrected chi connectivity index (χ2v) is 4.68. The van der Waals surface area contributed by atoms with Gasteiger partial charge in [0.25, 0.3) is 0 Å². The number of thioether (sulfide) groups is 1. The summed E-state index contributed by atoms with van der Waals surface area (Å²) < 4.78 is 2.00. The smallest absolute Gasteiger partial charge is 0.168 e. The summed E-state index contributed by atoms with van der Waals surface area (Å²) in [4.78, 5) is 4.23. The second-order valence-electron chi connectivity index (χ2n) is 3.48. The lowest BCUT2D eigenvalue weighted by Gasteiger charge is -2.12. The zero-order valence-corrected chi connectivity index (χ0v) is 8.50. The lowest BCUT2D eigenvalue weighted by atomic mass is 10.3. The summed E-state index contributed by atoms with van der Waals surface area (Å²) in [5.74, 6) is 0. The Morgan fingerprint density at radius 2 is 2.46 bits per heavy atom. The fourth-order valence-corrected chi connectivity index (χ4v) is 2.84. The topological polar surface area (TPSA) is 38.0 Å². The van der Waals surface area contributed by atoms with Crippen molar-refractivity contribution in [3.05, 3.63) is 12.4 Å². The van der Waals surface area contributed by atoms with Gasteiger partial charge in [0, 0.05) is 24.7 Å². The van der Waals surface area contributed by atoms with Crippen LogP contribution in [-0.4, -0.2) is 26.0 Å². The molecule has 4 heteroatoms. The number of imidazole rings is 1. The molecule has 1 heterocycles. The number of hydrogen-bond donors (Lipinski definition) is 1. The molecule has 0 aliphatic heterocycles. The van der Waals surface area contributed by atoms with E-state index >= 15 is 0 Å². The number of hydrogen-bond acceptors (Lipinski definition) is 3. The first-order valence-electron chi connectivity index (χ1n) is 4.59. The van der Waals surface area contributed by atoms with Crippen LogP contribution < -0.4 is 0 Å². The van der Waals surface area contributed by atoms with Gasteiger partial charge in [-0.25, -0.2) is 4.98 Å². The quantitative estimate of drug-likeness (QED) is 0.781. The van der Waals surface area contributed by atoms with E-state index in [4.69, 9.17) is 0 Å². The van der Waals surface area contributed by atoms with Crippen molar-refractivity contribution in [1.29, 1.82) is 0 Å². The molecule has 2 atom stereocenters. The molecule has 1 aliphatic rings. The fraction of sp³-hybridized carbons (Fsp3) is 0.667. The van der Waals surface area contributed by atoms with Crippen molar-refractivity contribution in [2.45, 2.75) is 35.8 Å². The highest BCUT2D eigenvalue weighted by Gasteiger charge is 2.27. The van der Waals surface area contributed by atoms with Crippen LogP contribution in [0.1, 0.15) is 19.3 Å². The standard InChI is InChI=1S/C9H14N2OS/c1-11-6-5-10-9(11)13-8-4-2-3-7(8)12/h5-8,12H,2-4H2,1H3. The maximum Gasteiger partial charge on any atom is 0.168 e. The Morgan fingerprint density at radius 1 is 1.62 bits per heavy atom. The second kappa shape index (κ2) is 3.72. The van der Waals surface area contributed by atoms with Crippen molar-refractivity contribution < 1.29 is 5.11 Å². The molecule has 0 bridgehead atoms. The summed E-state index contributed by atoms with van der Waals surface area (Å²) in [6.45, 7) is 0. The first-order chi connectivity index (χ1) is 6.27. The van der Waals surface area contributed by atoms with E-state index in [2.05, 4.69) is 4.98 Å². The Balaban J connectivity index is 2.01. The van der Waals surface area contributed by atoms with Crippen LogP contribution in [0.5, 0.6) is 0 Å². The molecule has 0 spiro atoms. The highest BCUT2D eigenvalue weighted by Crippen LogP contribution is 2.33. The number of aromatic nitrogens is 2. The zero-order chi connectivity index (χ0) is 9.26. The van der Waals surface area contributed by atoms with Gasteiger partial charge in [-0.2, -0.15) is 0 Å². The molecule has 0 radical (unpaired) electrons. The molecular formula is C9H14N2OS. The SMILES string of the molecule is Cn1ccnc1SC1CCCC1O. The number of aliphatic hydroxyl groups excluding tert-OH is 1. The van der Waals surface area contributed by atoms with Crippen molar-refractivity contribution in [1.82, 2.24) is 9.55 Å². The molecule has 1 aliphatic carbocycles. The Kier molecular flexibility index (Phi) is 2.60. The average Bonchev–Trinajstić information content (AvgIpc) is 2.65. The number of rotatable bonds is 2. The Morgan fingerprint density at radius 3 is 3.00 bits per heavy atom. The summed E-state index contributed by atoms with van der Waals surface area (Å²) in [7, 11) is 1.98. The van der Waals surface area contributed by atoms with Crippen LogP contribution in [0.4, 0.5) is 0 Å². The van der Waals surface area contributed by atoms with E-state index in [-0.39, 0.29) is 6.10 Å². The third-order valence-corrected chi connectivity index (χ3v) is 3.91. The Labute approximate surface area is 82.2 Å². The maximum atomic E-state index is 9.62. The molecule has 0 amide bonds. The maximum absolute atomic E-state index is 9.62. The largest absolute Gasteiger partial charge is 0.392 e. The molecule has 0 saturated heterocycles. The number of aryl methyl sites for hydroxylation is 1. The molecule has 1 aromatic heterocycles. The number of aliphatic hydroxyl groups is 1.